The molecule has 0 atom stereocenters. The minimum Gasteiger partial charge on any atom is -0.457 e. The van der Waals surface area contributed by atoms with Crippen LogP contribution in [0.1, 0.15) is 10.4 Å². The van der Waals surface area contributed by atoms with Crippen LogP contribution >= 0.6 is 0 Å². The monoisotopic (exact) mass is 514 g/mol. The lowest BCUT2D eigenvalue weighted by Gasteiger charge is -2.24. The van der Waals surface area contributed by atoms with E-state index in [-0.39, 0.29) is 24.3 Å². The summed E-state index contributed by atoms with van der Waals surface area (Å²) in [7, 11) is 0. The highest BCUT2D eigenvalue weighted by Crippen LogP contribution is 2.25. The Labute approximate surface area is 217 Å². The van der Waals surface area contributed by atoms with Crippen LogP contribution in [-0.2, 0) is 0 Å². The van der Waals surface area contributed by atoms with Gasteiger partial charge in [0.1, 0.15) is 17.3 Å². The van der Waals surface area contributed by atoms with Gasteiger partial charge >= 0.3 is 6.03 Å². The third-order valence-electron chi connectivity index (χ3n) is 5.41. The lowest BCUT2D eigenvalue weighted by atomic mass is 10.2. The summed E-state index contributed by atoms with van der Waals surface area (Å²) in [5, 5.41) is 16.3. The molecule has 0 saturated heterocycles. The number of anilines is 2. The first-order chi connectivity index (χ1) is 18.4. The molecule has 0 aliphatic heterocycles. The zero-order valence-corrected chi connectivity index (χ0v) is 20.0. The Morgan fingerprint density at radius 3 is 2.21 bits per heavy atom. The Bertz CT molecular complexity index is 1410. The molecule has 0 heterocycles. The van der Waals surface area contributed by atoms with E-state index < -0.39 is 22.7 Å². The topological polar surface area (TPSA) is 114 Å². The molecule has 0 fully saturated rings. The molecule has 0 spiro atoms. The molecule has 0 aliphatic carbocycles. The maximum atomic E-state index is 13.5. The number of halogens is 1. The third-order valence-corrected chi connectivity index (χ3v) is 5.41. The summed E-state index contributed by atoms with van der Waals surface area (Å²) in [6.07, 6.45) is 0. The Balaban J connectivity index is 1.48. The second-order valence-corrected chi connectivity index (χ2v) is 8.06. The van der Waals surface area contributed by atoms with Crippen molar-refractivity contribution >= 4 is 29.0 Å². The van der Waals surface area contributed by atoms with Crippen LogP contribution < -0.4 is 20.3 Å². The Morgan fingerprint density at radius 2 is 1.55 bits per heavy atom. The van der Waals surface area contributed by atoms with Crippen LogP contribution in [0.3, 0.4) is 0 Å². The average molecular weight is 515 g/mol. The van der Waals surface area contributed by atoms with Crippen LogP contribution in [0.2, 0.25) is 0 Å². The van der Waals surface area contributed by atoms with Gasteiger partial charge in [-0.05, 0) is 66.7 Å². The zero-order chi connectivity index (χ0) is 26.9. The van der Waals surface area contributed by atoms with Gasteiger partial charge in [0.2, 0.25) is 0 Å². The molecule has 4 aromatic carbocycles. The first kappa shape index (κ1) is 25.8. The number of nitrogens with zero attached hydrogens (tertiary/aromatic N) is 2. The van der Waals surface area contributed by atoms with Gasteiger partial charge in [-0.15, -0.1) is 0 Å². The van der Waals surface area contributed by atoms with Gasteiger partial charge in [0.25, 0.3) is 11.6 Å². The smallest absolute Gasteiger partial charge is 0.326 e. The fourth-order valence-corrected chi connectivity index (χ4v) is 3.54. The predicted octanol–water partition coefficient (Wildman–Crippen LogP) is 5.99. The van der Waals surface area contributed by atoms with Gasteiger partial charge in [0, 0.05) is 42.2 Å². The number of benzene rings is 4. The van der Waals surface area contributed by atoms with Crippen LogP contribution in [0.5, 0.6) is 11.5 Å². The van der Waals surface area contributed by atoms with Gasteiger partial charge in [-0.2, -0.15) is 0 Å². The first-order valence-electron chi connectivity index (χ1n) is 11.6. The number of carbonyl (C=O) groups is 2. The van der Waals surface area contributed by atoms with Gasteiger partial charge in [-0.3, -0.25) is 19.8 Å². The molecule has 0 unspecified atom stereocenters. The minimum absolute atomic E-state index is 0.0747. The van der Waals surface area contributed by atoms with Crippen LogP contribution in [0.15, 0.2) is 103 Å². The average Bonchev–Trinajstić information content (AvgIpc) is 2.92. The molecule has 0 saturated carbocycles. The molecule has 192 valence electrons. The number of hydrogen-bond donors (Lipinski definition) is 2. The van der Waals surface area contributed by atoms with Crippen molar-refractivity contribution < 1.29 is 23.6 Å². The van der Waals surface area contributed by atoms with E-state index in [0.717, 1.165) is 6.07 Å². The fraction of sp³-hybridized carbons (Fsp3) is 0.0714. The van der Waals surface area contributed by atoms with Gasteiger partial charge in [-0.25, -0.2) is 9.18 Å². The van der Waals surface area contributed by atoms with Crippen molar-refractivity contribution in [2.24, 2.45) is 0 Å². The van der Waals surface area contributed by atoms with Crippen LogP contribution in [0.4, 0.5) is 26.2 Å². The number of para-hydroxylation sites is 1. The molecule has 2 N–H and O–H groups in total. The van der Waals surface area contributed by atoms with Gasteiger partial charge in [0.15, 0.2) is 0 Å². The third kappa shape index (κ3) is 6.91. The van der Waals surface area contributed by atoms with Gasteiger partial charge in [0.05, 0.1) is 4.92 Å². The van der Waals surface area contributed by atoms with Gasteiger partial charge < -0.3 is 15.4 Å². The first-order valence-corrected chi connectivity index (χ1v) is 11.6. The molecular formula is C28H23FN4O5. The van der Waals surface area contributed by atoms with E-state index in [9.17, 15) is 24.1 Å². The fourth-order valence-electron chi connectivity index (χ4n) is 3.54. The van der Waals surface area contributed by atoms with Crippen LogP contribution in [0, 0.1) is 15.9 Å². The van der Waals surface area contributed by atoms with Crippen LogP contribution in [-0.4, -0.2) is 30.0 Å². The maximum absolute atomic E-state index is 13.5. The van der Waals surface area contributed by atoms with E-state index in [0.29, 0.717) is 22.9 Å². The Hall–Kier alpha value is -5.25. The Morgan fingerprint density at radius 1 is 0.868 bits per heavy atom. The van der Waals surface area contributed by atoms with Crippen molar-refractivity contribution in [2.75, 3.05) is 23.3 Å². The number of non-ortho nitro benzene ring substituents is 1. The molecule has 10 heteroatoms. The largest absolute Gasteiger partial charge is 0.457 e. The SMILES string of the molecule is O=C(NCCN(C(=O)Nc1ccc([N+](=O)[O-])cc1)c1ccc(Oc2ccccc2)cc1)c1cccc(F)c1. The summed E-state index contributed by atoms with van der Waals surface area (Å²) >= 11 is 0. The van der Waals surface area contributed by atoms with Crippen molar-refractivity contribution in [1.82, 2.24) is 5.32 Å². The van der Waals surface area contributed by atoms with Crippen molar-refractivity contribution in [3.05, 3.63) is 125 Å². The summed E-state index contributed by atoms with van der Waals surface area (Å²) in [4.78, 5) is 37.4. The summed E-state index contributed by atoms with van der Waals surface area (Å²) < 4.78 is 19.3. The van der Waals surface area contributed by atoms with Crippen molar-refractivity contribution in [1.29, 1.82) is 0 Å². The van der Waals surface area contributed by atoms with E-state index >= 15 is 0 Å². The Kier molecular flexibility index (Phi) is 8.25. The molecule has 0 aliphatic rings. The molecule has 9 nitrogen and oxygen atoms in total. The van der Waals surface area contributed by atoms with E-state index in [1.807, 2.05) is 30.3 Å². The molecule has 0 radical (unpaired) electrons. The summed E-state index contributed by atoms with van der Waals surface area (Å²) in [5.41, 5.74) is 0.937. The van der Waals surface area contributed by atoms with E-state index in [4.69, 9.17) is 4.74 Å². The highest BCUT2D eigenvalue weighted by molar-refractivity contribution is 6.02. The quantitative estimate of drug-likeness (QED) is 0.210. The lowest BCUT2D eigenvalue weighted by molar-refractivity contribution is -0.384. The predicted molar refractivity (Wildman–Crippen MR) is 141 cm³/mol. The number of rotatable bonds is 9. The zero-order valence-electron chi connectivity index (χ0n) is 20.0. The summed E-state index contributed by atoms with van der Waals surface area (Å²) in [6.45, 7) is 0.157. The number of nitrogens with one attached hydrogen (secondary N) is 2. The van der Waals surface area contributed by atoms with Crippen molar-refractivity contribution in [3.63, 3.8) is 0 Å². The molecule has 3 amide bonds. The molecular weight excluding hydrogens is 491 g/mol. The normalized spacial score (nSPS) is 10.3. The molecule has 38 heavy (non-hydrogen) atoms. The minimum atomic E-state index is -0.530. The lowest BCUT2D eigenvalue weighted by Crippen LogP contribution is -2.41. The number of ether oxygens (including phenoxy) is 1. The number of amides is 3. The second-order valence-electron chi connectivity index (χ2n) is 8.06. The van der Waals surface area contributed by atoms with Crippen molar-refractivity contribution in [3.8, 4) is 11.5 Å². The number of nitro groups is 1. The number of carbonyl (C=O) groups excluding carboxylic acids is 2. The van der Waals surface area contributed by atoms with E-state index in [1.165, 1.54) is 47.4 Å². The maximum Gasteiger partial charge on any atom is 0.326 e. The van der Waals surface area contributed by atoms with E-state index in [1.54, 1.807) is 24.3 Å². The molecule has 4 rings (SSSR count). The number of urea groups is 1. The second kappa shape index (κ2) is 12.1. The highest BCUT2D eigenvalue weighted by Gasteiger charge is 2.18. The van der Waals surface area contributed by atoms with Crippen molar-refractivity contribution in [2.45, 2.75) is 0 Å². The highest BCUT2D eigenvalue weighted by atomic mass is 19.1. The molecule has 0 aromatic heterocycles. The van der Waals surface area contributed by atoms with E-state index in [2.05, 4.69) is 10.6 Å². The molecule has 0 bridgehead atoms. The summed E-state index contributed by atoms with van der Waals surface area (Å²) in [5.74, 6) is 0.217. The number of nitro benzene ring substituents is 1. The van der Waals surface area contributed by atoms with Crippen LogP contribution in [0.25, 0.3) is 0 Å². The van der Waals surface area contributed by atoms with Gasteiger partial charge in [-0.1, -0.05) is 24.3 Å². The summed E-state index contributed by atoms with van der Waals surface area (Å²) in [6, 6.07) is 26.2. The molecule has 4 aromatic rings. The number of hydrogen-bond acceptors (Lipinski definition) is 5. The standard InChI is InChI=1S/C28H23FN4O5/c29-21-6-4-5-20(19-21)27(34)30-17-18-32(28(35)31-22-9-11-24(12-10-22)33(36)37)23-13-15-26(16-14-23)38-25-7-2-1-3-8-25/h1-16,19H,17-18H2,(H,30,34)(H,31,35).